The number of ether oxygens (including phenoxy) is 1. The van der Waals surface area contributed by atoms with Gasteiger partial charge >= 0.3 is 0 Å². The molecule has 0 heterocycles. The number of nitrogens with one attached hydrogen (secondary N) is 1. The molecule has 0 fully saturated rings. The van der Waals surface area contributed by atoms with E-state index in [0.717, 1.165) is 0 Å². The Bertz CT molecular complexity index is 142. The zero-order valence-electron chi connectivity index (χ0n) is 6.71. The van der Waals surface area contributed by atoms with Crippen LogP contribution >= 0.6 is 0 Å². The van der Waals surface area contributed by atoms with Crippen molar-refractivity contribution >= 4 is 11.8 Å². The van der Waals surface area contributed by atoms with Crippen molar-refractivity contribution in [2.24, 2.45) is 11.5 Å². The first-order chi connectivity index (χ1) is 5.63. The summed E-state index contributed by atoms with van der Waals surface area (Å²) in [5, 5.41) is 2.71. The molecule has 0 aliphatic carbocycles. The van der Waals surface area contributed by atoms with Crippen molar-refractivity contribution in [1.29, 1.82) is 0 Å². The van der Waals surface area contributed by atoms with Crippen LogP contribution in [-0.2, 0) is 14.3 Å². The summed E-state index contributed by atoms with van der Waals surface area (Å²) in [5.74, 6) is -0.935. The second-order valence-corrected chi connectivity index (χ2v) is 2.16. The number of hydrogen-bond donors (Lipinski definition) is 3. The first kappa shape index (κ1) is 10.9. The Balaban J connectivity index is 3.01. The molecule has 0 aromatic rings. The van der Waals surface area contributed by atoms with Gasteiger partial charge in [-0.2, -0.15) is 0 Å². The summed E-state index contributed by atoms with van der Waals surface area (Å²) in [6.45, 7) is 0.810. The minimum Gasteiger partial charge on any atom is -0.370 e. The number of hydrogen-bond acceptors (Lipinski definition) is 4. The van der Waals surface area contributed by atoms with Crippen molar-refractivity contribution in [3.8, 4) is 0 Å². The second kappa shape index (κ2) is 6.56. The monoisotopic (exact) mass is 175 g/mol. The molecule has 12 heavy (non-hydrogen) atoms. The number of carbonyl (C=O) groups is 2. The molecule has 6 heteroatoms. The van der Waals surface area contributed by atoms with Crippen LogP contribution in [0.3, 0.4) is 0 Å². The molecule has 0 saturated carbocycles. The van der Waals surface area contributed by atoms with Gasteiger partial charge in [-0.3, -0.25) is 9.59 Å². The van der Waals surface area contributed by atoms with E-state index in [1.54, 1.807) is 0 Å². The van der Waals surface area contributed by atoms with E-state index < -0.39 is 11.8 Å². The van der Waals surface area contributed by atoms with Gasteiger partial charge in [-0.25, -0.2) is 0 Å². The normalized spacial score (nSPS) is 9.67. The number of amides is 2. The van der Waals surface area contributed by atoms with Gasteiger partial charge in [-0.15, -0.1) is 0 Å². The molecule has 0 unspecified atom stereocenters. The average molecular weight is 175 g/mol. The number of primary amides is 2. The summed E-state index contributed by atoms with van der Waals surface area (Å²) in [6.07, 6.45) is 0. The van der Waals surface area contributed by atoms with Gasteiger partial charge in [0.05, 0.1) is 13.2 Å². The highest BCUT2D eigenvalue weighted by Crippen LogP contribution is 1.71. The zero-order chi connectivity index (χ0) is 9.40. The average Bonchev–Trinajstić information content (AvgIpc) is 1.95. The topological polar surface area (TPSA) is 107 Å². The standard InChI is InChI=1S/C6H13N3O3/c7-5(10)3-9-1-2-12-4-6(8)11/h9H,1-4H2,(H2,7,10)(H2,8,11). The minimum atomic E-state index is -0.509. The smallest absolute Gasteiger partial charge is 0.243 e. The maximum atomic E-state index is 10.2. The predicted octanol–water partition coefficient (Wildman–Crippen LogP) is -2.44. The van der Waals surface area contributed by atoms with E-state index in [-0.39, 0.29) is 13.2 Å². The number of nitrogens with two attached hydrogens (primary N) is 2. The fourth-order valence-electron chi connectivity index (χ4n) is 0.529. The fraction of sp³-hybridized carbons (Fsp3) is 0.667. The summed E-state index contributed by atoms with van der Waals surface area (Å²) in [5.41, 5.74) is 9.64. The van der Waals surface area contributed by atoms with Gasteiger partial charge in [0, 0.05) is 6.54 Å². The molecule has 0 spiro atoms. The molecule has 0 saturated heterocycles. The molecule has 0 bridgehead atoms. The van der Waals surface area contributed by atoms with Crippen LogP contribution in [-0.4, -0.2) is 38.1 Å². The SMILES string of the molecule is NC(=O)CNCCOCC(N)=O. The van der Waals surface area contributed by atoms with E-state index in [0.29, 0.717) is 13.2 Å². The van der Waals surface area contributed by atoms with Crippen molar-refractivity contribution in [1.82, 2.24) is 5.32 Å². The quantitative estimate of drug-likeness (QED) is 0.374. The maximum absolute atomic E-state index is 10.2. The van der Waals surface area contributed by atoms with Crippen LogP contribution in [0.4, 0.5) is 0 Å². The lowest BCUT2D eigenvalue weighted by molar-refractivity contribution is -0.122. The lowest BCUT2D eigenvalue weighted by Gasteiger charge is -2.01. The van der Waals surface area contributed by atoms with Gasteiger partial charge in [0.15, 0.2) is 0 Å². The predicted molar refractivity (Wildman–Crippen MR) is 42.1 cm³/mol. The Morgan fingerprint density at radius 1 is 1.25 bits per heavy atom. The molecular weight excluding hydrogens is 162 g/mol. The van der Waals surface area contributed by atoms with Crippen LogP contribution in [0.15, 0.2) is 0 Å². The Labute approximate surface area is 70.2 Å². The van der Waals surface area contributed by atoms with Crippen LogP contribution in [0.25, 0.3) is 0 Å². The third kappa shape index (κ3) is 8.86. The van der Waals surface area contributed by atoms with Crippen LogP contribution in [0, 0.1) is 0 Å². The van der Waals surface area contributed by atoms with Crippen molar-refractivity contribution in [2.45, 2.75) is 0 Å². The van der Waals surface area contributed by atoms with Gasteiger partial charge in [0.2, 0.25) is 11.8 Å². The summed E-state index contributed by atoms with van der Waals surface area (Å²) >= 11 is 0. The van der Waals surface area contributed by atoms with Gasteiger partial charge in [-0.1, -0.05) is 0 Å². The first-order valence-electron chi connectivity index (χ1n) is 3.48. The van der Waals surface area contributed by atoms with E-state index in [9.17, 15) is 9.59 Å². The minimum absolute atomic E-state index is 0.0990. The summed E-state index contributed by atoms with van der Waals surface area (Å²) in [6, 6.07) is 0. The van der Waals surface area contributed by atoms with Crippen LogP contribution in [0.2, 0.25) is 0 Å². The second-order valence-electron chi connectivity index (χ2n) is 2.16. The lowest BCUT2D eigenvalue weighted by Crippen LogP contribution is -2.31. The van der Waals surface area contributed by atoms with E-state index in [1.165, 1.54) is 0 Å². The highest BCUT2D eigenvalue weighted by Gasteiger charge is 1.94. The van der Waals surface area contributed by atoms with Gasteiger partial charge in [0.1, 0.15) is 6.61 Å². The van der Waals surface area contributed by atoms with Crippen LogP contribution < -0.4 is 16.8 Å². The molecule has 0 atom stereocenters. The highest BCUT2D eigenvalue weighted by molar-refractivity contribution is 5.75. The molecule has 0 aromatic carbocycles. The number of carbonyl (C=O) groups excluding carboxylic acids is 2. The molecule has 2 amide bonds. The highest BCUT2D eigenvalue weighted by atomic mass is 16.5. The molecule has 0 aliphatic heterocycles. The van der Waals surface area contributed by atoms with Crippen molar-refractivity contribution in [3.05, 3.63) is 0 Å². The Morgan fingerprint density at radius 3 is 2.42 bits per heavy atom. The van der Waals surface area contributed by atoms with Crippen LogP contribution in [0.1, 0.15) is 0 Å². The molecule has 0 aromatic heterocycles. The Morgan fingerprint density at radius 2 is 1.92 bits per heavy atom. The molecule has 0 aliphatic rings. The lowest BCUT2D eigenvalue weighted by atomic mass is 10.5. The van der Waals surface area contributed by atoms with Gasteiger partial charge < -0.3 is 21.5 Å². The van der Waals surface area contributed by atoms with Gasteiger partial charge in [-0.05, 0) is 0 Å². The van der Waals surface area contributed by atoms with E-state index in [4.69, 9.17) is 16.2 Å². The third-order valence-electron chi connectivity index (χ3n) is 0.967. The van der Waals surface area contributed by atoms with Crippen molar-refractivity contribution in [2.75, 3.05) is 26.3 Å². The molecule has 5 N–H and O–H groups in total. The molecule has 0 rings (SSSR count). The largest absolute Gasteiger partial charge is 0.370 e. The van der Waals surface area contributed by atoms with E-state index >= 15 is 0 Å². The van der Waals surface area contributed by atoms with Crippen molar-refractivity contribution < 1.29 is 14.3 Å². The van der Waals surface area contributed by atoms with Gasteiger partial charge in [0.25, 0.3) is 0 Å². The third-order valence-corrected chi connectivity index (χ3v) is 0.967. The van der Waals surface area contributed by atoms with Crippen LogP contribution in [0.5, 0.6) is 0 Å². The summed E-state index contributed by atoms with van der Waals surface area (Å²) in [7, 11) is 0. The Kier molecular flexibility index (Phi) is 5.94. The molecule has 70 valence electrons. The van der Waals surface area contributed by atoms with Crippen molar-refractivity contribution in [3.63, 3.8) is 0 Å². The summed E-state index contributed by atoms with van der Waals surface area (Å²) in [4.78, 5) is 20.3. The van der Waals surface area contributed by atoms with E-state index in [1.807, 2.05) is 0 Å². The zero-order valence-corrected chi connectivity index (χ0v) is 6.71. The maximum Gasteiger partial charge on any atom is 0.243 e. The van der Waals surface area contributed by atoms with E-state index in [2.05, 4.69) is 5.32 Å². The summed E-state index contributed by atoms with van der Waals surface area (Å²) < 4.78 is 4.79. The number of rotatable bonds is 7. The fourth-order valence-corrected chi connectivity index (χ4v) is 0.529. The first-order valence-corrected chi connectivity index (χ1v) is 3.48. The molecular formula is C6H13N3O3. The molecule has 0 radical (unpaired) electrons. The molecule has 6 nitrogen and oxygen atoms in total. The Hall–Kier alpha value is -1.14.